The maximum absolute atomic E-state index is 12.9. The Labute approximate surface area is 186 Å². The molecule has 33 heavy (non-hydrogen) atoms. The standard InChI is InChI=1S/C23H18F3N5O2/c1-14-28-20(31-11-10-27-15(31)2)13-21(29-14)33-19-8-6-18(7-9-19)30-22(32)16-4-3-5-17(12-16)23(24,25)26/h3-13H,1-2H3,(H,30,32). The molecule has 2 heterocycles. The van der Waals surface area contributed by atoms with E-state index in [1.54, 1.807) is 54.2 Å². The third kappa shape index (κ3) is 5.17. The topological polar surface area (TPSA) is 81.9 Å². The van der Waals surface area contributed by atoms with Crippen molar-refractivity contribution in [3.8, 4) is 17.4 Å². The van der Waals surface area contributed by atoms with E-state index in [1.807, 2.05) is 6.92 Å². The fourth-order valence-corrected chi connectivity index (χ4v) is 3.09. The lowest BCUT2D eigenvalue weighted by atomic mass is 10.1. The smallest absolute Gasteiger partial charge is 0.416 e. The molecule has 0 saturated heterocycles. The number of carbonyl (C=O) groups is 1. The monoisotopic (exact) mass is 453 g/mol. The number of aromatic nitrogens is 4. The summed E-state index contributed by atoms with van der Waals surface area (Å²) >= 11 is 0. The van der Waals surface area contributed by atoms with E-state index in [2.05, 4.69) is 20.3 Å². The Bertz CT molecular complexity index is 1300. The molecule has 2 aromatic carbocycles. The number of halogens is 3. The van der Waals surface area contributed by atoms with E-state index >= 15 is 0 Å². The van der Waals surface area contributed by atoms with E-state index < -0.39 is 17.6 Å². The molecule has 168 valence electrons. The van der Waals surface area contributed by atoms with Crippen LogP contribution < -0.4 is 10.1 Å². The number of aryl methyl sites for hydroxylation is 2. The molecule has 0 saturated carbocycles. The van der Waals surface area contributed by atoms with Gasteiger partial charge in [-0.05, 0) is 56.3 Å². The molecule has 0 fully saturated rings. The van der Waals surface area contributed by atoms with Gasteiger partial charge in [0.2, 0.25) is 5.88 Å². The van der Waals surface area contributed by atoms with Crippen LogP contribution in [0.25, 0.3) is 5.82 Å². The number of nitrogens with zero attached hydrogens (tertiary/aromatic N) is 4. The molecule has 1 N–H and O–H groups in total. The summed E-state index contributed by atoms with van der Waals surface area (Å²) in [5, 5.41) is 2.57. The summed E-state index contributed by atoms with van der Waals surface area (Å²) in [5.41, 5.74) is -0.577. The molecule has 4 rings (SSSR count). The summed E-state index contributed by atoms with van der Waals surface area (Å²) in [6.45, 7) is 3.60. The van der Waals surface area contributed by atoms with Crippen LogP contribution in [0, 0.1) is 13.8 Å². The quantitative estimate of drug-likeness (QED) is 0.441. The predicted molar refractivity (Wildman–Crippen MR) is 115 cm³/mol. The van der Waals surface area contributed by atoms with Gasteiger partial charge in [0.15, 0.2) is 0 Å². The highest BCUT2D eigenvalue weighted by Gasteiger charge is 2.30. The summed E-state index contributed by atoms with van der Waals surface area (Å²) in [6.07, 6.45) is -1.08. The van der Waals surface area contributed by atoms with Crippen LogP contribution in [-0.2, 0) is 6.18 Å². The lowest BCUT2D eigenvalue weighted by molar-refractivity contribution is -0.137. The molecule has 0 aliphatic carbocycles. The highest BCUT2D eigenvalue weighted by atomic mass is 19.4. The Morgan fingerprint density at radius 3 is 2.45 bits per heavy atom. The van der Waals surface area contributed by atoms with Crippen molar-refractivity contribution >= 4 is 11.6 Å². The second-order valence-corrected chi connectivity index (χ2v) is 7.12. The molecule has 4 aromatic rings. The van der Waals surface area contributed by atoms with Gasteiger partial charge in [-0.25, -0.2) is 9.97 Å². The van der Waals surface area contributed by atoms with Gasteiger partial charge in [-0.15, -0.1) is 0 Å². The largest absolute Gasteiger partial charge is 0.439 e. The van der Waals surface area contributed by atoms with Crippen molar-refractivity contribution in [2.45, 2.75) is 20.0 Å². The summed E-state index contributed by atoms with van der Waals surface area (Å²) in [5.74, 6) is 2.02. The molecule has 0 bridgehead atoms. The lowest BCUT2D eigenvalue weighted by Gasteiger charge is -2.11. The van der Waals surface area contributed by atoms with E-state index in [0.29, 0.717) is 29.0 Å². The fraction of sp³-hybridized carbons (Fsp3) is 0.130. The number of benzene rings is 2. The van der Waals surface area contributed by atoms with Crippen molar-refractivity contribution in [3.05, 3.63) is 89.8 Å². The van der Waals surface area contributed by atoms with Gasteiger partial charge < -0.3 is 10.1 Å². The van der Waals surface area contributed by atoms with Gasteiger partial charge in [0, 0.05) is 29.7 Å². The van der Waals surface area contributed by atoms with E-state index in [9.17, 15) is 18.0 Å². The van der Waals surface area contributed by atoms with Crippen LogP contribution in [0.15, 0.2) is 67.0 Å². The third-order valence-corrected chi connectivity index (χ3v) is 4.66. The Kier molecular flexibility index (Phi) is 5.82. The molecule has 0 aliphatic heterocycles. The Morgan fingerprint density at radius 1 is 1.03 bits per heavy atom. The van der Waals surface area contributed by atoms with Crippen LogP contribution in [0.5, 0.6) is 11.6 Å². The SMILES string of the molecule is Cc1nc(Oc2ccc(NC(=O)c3cccc(C(F)(F)F)c3)cc2)cc(-n2ccnc2C)n1. The van der Waals surface area contributed by atoms with Crippen LogP contribution in [0.1, 0.15) is 27.6 Å². The minimum atomic E-state index is -4.52. The molecule has 10 heteroatoms. The van der Waals surface area contributed by atoms with Crippen molar-refractivity contribution in [1.29, 1.82) is 0 Å². The molecule has 0 radical (unpaired) electrons. The van der Waals surface area contributed by atoms with Gasteiger partial charge in [0.25, 0.3) is 5.91 Å². The van der Waals surface area contributed by atoms with Crippen molar-refractivity contribution < 1.29 is 22.7 Å². The maximum Gasteiger partial charge on any atom is 0.416 e. The zero-order valence-corrected chi connectivity index (χ0v) is 17.6. The number of nitrogens with one attached hydrogen (secondary N) is 1. The average molecular weight is 453 g/mol. The van der Waals surface area contributed by atoms with Gasteiger partial charge in [0.05, 0.1) is 5.56 Å². The highest BCUT2D eigenvalue weighted by Crippen LogP contribution is 2.30. The van der Waals surface area contributed by atoms with Crippen molar-refractivity contribution in [3.63, 3.8) is 0 Å². The summed E-state index contributed by atoms with van der Waals surface area (Å²) in [7, 11) is 0. The maximum atomic E-state index is 12.9. The van der Waals surface area contributed by atoms with Gasteiger partial charge in [-0.2, -0.15) is 18.2 Å². The molecule has 7 nitrogen and oxygen atoms in total. The number of amides is 1. The molecule has 0 atom stereocenters. The summed E-state index contributed by atoms with van der Waals surface area (Å²) < 4.78 is 46.2. The average Bonchev–Trinajstić information content (AvgIpc) is 3.20. The Balaban J connectivity index is 1.47. The predicted octanol–water partition coefficient (Wildman–Crippen LogP) is 5.34. The van der Waals surface area contributed by atoms with Crippen LogP contribution >= 0.6 is 0 Å². The van der Waals surface area contributed by atoms with Gasteiger partial charge in [0.1, 0.15) is 23.2 Å². The normalized spacial score (nSPS) is 11.3. The third-order valence-electron chi connectivity index (χ3n) is 4.66. The molecule has 1 amide bonds. The zero-order chi connectivity index (χ0) is 23.6. The fourth-order valence-electron chi connectivity index (χ4n) is 3.09. The number of hydrogen-bond donors (Lipinski definition) is 1. The summed E-state index contributed by atoms with van der Waals surface area (Å²) in [6, 6.07) is 12.3. The first-order chi connectivity index (χ1) is 15.7. The van der Waals surface area contributed by atoms with E-state index in [4.69, 9.17) is 4.74 Å². The van der Waals surface area contributed by atoms with Gasteiger partial charge in [-0.3, -0.25) is 9.36 Å². The summed E-state index contributed by atoms with van der Waals surface area (Å²) in [4.78, 5) is 25.2. The highest BCUT2D eigenvalue weighted by molar-refractivity contribution is 6.04. The molecule has 0 aliphatic rings. The molecule has 0 spiro atoms. The van der Waals surface area contributed by atoms with E-state index in [-0.39, 0.29) is 5.56 Å². The zero-order valence-electron chi connectivity index (χ0n) is 17.6. The first-order valence-corrected chi connectivity index (χ1v) is 9.81. The van der Waals surface area contributed by atoms with Crippen molar-refractivity contribution in [1.82, 2.24) is 19.5 Å². The Morgan fingerprint density at radius 2 is 1.79 bits per heavy atom. The second-order valence-electron chi connectivity index (χ2n) is 7.12. The number of alkyl halides is 3. The molecule has 0 unspecified atom stereocenters. The lowest BCUT2D eigenvalue weighted by Crippen LogP contribution is -2.13. The van der Waals surface area contributed by atoms with E-state index in [1.165, 1.54) is 12.1 Å². The van der Waals surface area contributed by atoms with Crippen LogP contribution in [0.2, 0.25) is 0 Å². The molecular weight excluding hydrogens is 435 g/mol. The number of hydrogen-bond acceptors (Lipinski definition) is 5. The first-order valence-electron chi connectivity index (χ1n) is 9.81. The second kappa shape index (κ2) is 8.73. The van der Waals surface area contributed by atoms with Crippen LogP contribution in [-0.4, -0.2) is 25.4 Å². The number of ether oxygens (including phenoxy) is 1. The van der Waals surface area contributed by atoms with Crippen molar-refractivity contribution in [2.24, 2.45) is 0 Å². The number of rotatable bonds is 5. The van der Waals surface area contributed by atoms with Crippen molar-refractivity contribution in [2.75, 3.05) is 5.32 Å². The van der Waals surface area contributed by atoms with Crippen LogP contribution in [0.4, 0.5) is 18.9 Å². The minimum absolute atomic E-state index is 0.0936. The molecule has 2 aromatic heterocycles. The van der Waals surface area contributed by atoms with Crippen LogP contribution in [0.3, 0.4) is 0 Å². The number of anilines is 1. The first kappa shape index (κ1) is 22.0. The molecular formula is C23H18F3N5O2. The Hall–Kier alpha value is -4.21. The van der Waals surface area contributed by atoms with Gasteiger partial charge in [-0.1, -0.05) is 6.07 Å². The number of carbonyl (C=O) groups excluding carboxylic acids is 1. The van der Waals surface area contributed by atoms with Gasteiger partial charge >= 0.3 is 6.18 Å². The van der Waals surface area contributed by atoms with E-state index in [0.717, 1.165) is 18.0 Å². The minimum Gasteiger partial charge on any atom is -0.439 e. The number of imidazole rings is 1.